The first-order valence-corrected chi connectivity index (χ1v) is 11.5. The van der Waals surface area contributed by atoms with Crippen LogP contribution in [-0.4, -0.2) is 40.6 Å². The molecule has 0 bridgehead atoms. The number of aromatic nitrogens is 2. The summed E-state index contributed by atoms with van der Waals surface area (Å²) >= 11 is 1.57. The minimum atomic E-state index is 0.0880. The van der Waals surface area contributed by atoms with E-state index in [0.29, 0.717) is 12.0 Å². The number of hydrogen-bond donors (Lipinski definition) is 1. The quantitative estimate of drug-likeness (QED) is 0.700. The van der Waals surface area contributed by atoms with Gasteiger partial charge in [0.05, 0.1) is 18.0 Å². The zero-order chi connectivity index (χ0) is 19.8. The fourth-order valence-corrected chi connectivity index (χ4v) is 5.88. The fraction of sp³-hybridized carbons (Fsp3) is 0.478. The topological polar surface area (TPSA) is 50.2 Å². The van der Waals surface area contributed by atoms with E-state index in [4.69, 9.17) is 4.98 Å². The average molecular weight is 409 g/mol. The second-order valence-electron chi connectivity index (χ2n) is 8.56. The van der Waals surface area contributed by atoms with E-state index in [9.17, 15) is 4.79 Å². The van der Waals surface area contributed by atoms with E-state index in [0.717, 1.165) is 54.2 Å². The van der Waals surface area contributed by atoms with Crippen LogP contribution in [0.1, 0.15) is 43.6 Å². The summed E-state index contributed by atoms with van der Waals surface area (Å²) in [6.45, 7) is 7.23. The third kappa shape index (κ3) is 3.43. The number of fused-ring (bicyclic) bond motifs is 1. The van der Waals surface area contributed by atoms with E-state index < -0.39 is 0 Å². The van der Waals surface area contributed by atoms with Gasteiger partial charge in [-0.25, -0.2) is 4.98 Å². The monoisotopic (exact) mass is 408 g/mol. The van der Waals surface area contributed by atoms with E-state index in [2.05, 4.69) is 29.3 Å². The number of nitrogens with zero attached hydrogens (tertiary/aromatic N) is 3. The first-order valence-electron chi connectivity index (χ1n) is 10.7. The van der Waals surface area contributed by atoms with Gasteiger partial charge in [-0.1, -0.05) is 37.3 Å². The van der Waals surface area contributed by atoms with Gasteiger partial charge in [-0.3, -0.25) is 14.3 Å². The van der Waals surface area contributed by atoms with Gasteiger partial charge in [-0.15, -0.1) is 11.3 Å². The molecule has 152 valence electrons. The molecule has 2 atom stereocenters. The minimum absolute atomic E-state index is 0.0880. The maximum atomic E-state index is 13.4. The number of nitrogens with one attached hydrogen (secondary N) is 1. The molecule has 2 saturated heterocycles. The zero-order valence-corrected chi connectivity index (χ0v) is 17.8. The van der Waals surface area contributed by atoms with Crippen molar-refractivity contribution in [2.45, 2.75) is 38.8 Å². The molecule has 5 rings (SSSR count). The van der Waals surface area contributed by atoms with Crippen LogP contribution in [0.3, 0.4) is 0 Å². The Kier molecular flexibility index (Phi) is 5.02. The van der Waals surface area contributed by atoms with Crippen molar-refractivity contribution in [3.63, 3.8) is 0 Å². The Balaban J connectivity index is 1.57. The van der Waals surface area contributed by atoms with E-state index in [1.165, 1.54) is 12.8 Å². The molecule has 5 nitrogen and oxygen atoms in total. The summed E-state index contributed by atoms with van der Waals surface area (Å²) < 4.78 is 1.93. The summed E-state index contributed by atoms with van der Waals surface area (Å²) in [6.07, 6.45) is 3.45. The normalized spacial score (nSPS) is 23.3. The predicted molar refractivity (Wildman–Crippen MR) is 119 cm³/mol. The van der Waals surface area contributed by atoms with Gasteiger partial charge < -0.3 is 5.32 Å². The lowest BCUT2D eigenvalue weighted by molar-refractivity contribution is 0.194. The van der Waals surface area contributed by atoms with Crippen molar-refractivity contribution in [3.8, 4) is 0 Å². The molecule has 0 amide bonds. The Morgan fingerprint density at radius 2 is 2.10 bits per heavy atom. The Bertz CT molecular complexity index is 1050. The van der Waals surface area contributed by atoms with E-state index in [1.54, 1.807) is 11.3 Å². The number of benzene rings is 1. The summed E-state index contributed by atoms with van der Waals surface area (Å²) in [5, 5.41) is 6.27. The van der Waals surface area contributed by atoms with Crippen molar-refractivity contribution in [2.24, 2.45) is 5.41 Å². The molecule has 2 aromatic heterocycles. The second kappa shape index (κ2) is 7.67. The van der Waals surface area contributed by atoms with Gasteiger partial charge in [0.15, 0.2) is 0 Å². The molecule has 6 heteroatoms. The lowest BCUT2D eigenvalue weighted by atomic mass is 9.86. The van der Waals surface area contributed by atoms with Crippen LogP contribution < -0.4 is 10.9 Å². The van der Waals surface area contributed by atoms with Gasteiger partial charge in [0.25, 0.3) is 5.56 Å². The summed E-state index contributed by atoms with van der Waals surface area (Å²) in [5.41, 5.74) is 1.63. The van der Waals surface area contributed by atoms with Crippen molar-refractivity contribution < 1.29 is 0 Å². The number of rotatable bonds is 5. The maximum Gasteiger partial charge on any atom is 0.262 e. The Labute approximate surface area is 175 Å². The molecule has 3 aromatic rings. The van der Waals surface area contributed by atoms with E-state index in [-0.39, 0.29) is 11.6 Å². The van der Waals surface area contributed by atoms with Crippen molar-refractivity contribution in [1.29, 1.82) is 0 Å². The molecule has 2 unspecified atom stereocenters. The SMILES string of the molecule is CCC(c1nc2sccc2c(=O)n1Cc1ccccc1)N1CCC2(CCNC2)C1. The second-order valence-corrected chi connectivity index (χ2v) is 9.45. The number of thiophene rings is 1. The highest BCUT2D eigenvalue weighted by atomic mass is 32.1. The molecule has 2 fully saturated rings. The van der Waals surface area contributed by atoms with Crippen molar-refractivity contribution in [1.82, 2.24) is 19.8 Å². The largest absolute Gasteiger partial charge is 0.316 e. The molecule has 1 N–H and O–H groups in total. The highest BCUT2D eigenvalue weighted by Crippen LogP contribution is 2.40. The van der Waals surface area contributed by atoms with Crippen LogP contribution in [0, 0.1) is 5.41 Å². The van der Waals surface area contributed by atoms with Crippen LogP contribution in [0.25, 0.3) is 10.2 Å². The lowest BCUT2D eigenvalue weighted by Crippen LogP contribution is -2.36. The highest BCUT2D eigenvalue weighted by molar-refractivity contribution is 7.16. The molecule has 1 spiro atoms. The predicted octanol–water partition coefficient (Wildman–Crippen LogP) is 3.64. The molecule has 0 aliphatic carbocycles. The summed E-state index contributed by atoms with van der Waals surface area (Å²) in [7, 11) is 0. The number of likely N-dealkylation sites (tertiary alicyclic amines) is 1. The Morgan fingerprint density at radius 1 is 1.24 bits per heavy atom. The zero-order valence-electron chi connectivity index (χ0n) is 16.9. The van der Waals surface area contributed by atoms with Crippen molar-refractivity contribution in [2.75, 3.05) is 26.2 Å². The van der Waals surface area contributed by atoms with Crippen LogP contribution in [0.5, 0.6) is 0 Å². The van der Waals surface area contributed by atoms with Crippen LogP contribution in [0.15, 0.2) is 46.6 Å². The van der Waals surface area contributed by atoms with Crippen LogP contribution >= 0.6 is 11.3 Å². The first kappa shape index (κ1) is 19.0. The minimum Gasteiger partial charge on any atom is -0.316 e. The Morgan fingerprint density at radius 3 is 2.86 bits per heavy atom. The maximum absolute atomic E-state index is 13.4. The van der Waals surface area contributed by atoms with Gasteiger partial charge in [0.1, 0.15) is 10.7 Å². The van der Waals surface area contributed by atoms with Crippen LogP contribution in [0.4, 0.5) is 0 Å². The van der Waals surface area contributed by atoms with Crippen LogP contribution in [0.2, 0.25) is 0 Å². The highest BCUT2D eigenvalue weighted by Gasteiger charge is 2.43. The standard InChI is InChI=1S/C23H28N4OS/c1-2-19(26-12-10-23(16-26)9-11-24-15-23)20-25-21-18(8-13-29-21)22(28)27(20)14-17-6-4-3-5-7-17/h3-8,13,19,24H,2,9-12,14-16H2,1H3. The number of hydrogen-bond acceptors (Lipinski definition) is 5. The molecule has 2 aliphatic heterocycles. The lowest BCUT2D eigenvalue weighted by Gasteiger charge is -2.30. The summed E-state index contributed by atoms with van der Waals surface area (Å²) in [4.78, 5) is 21.9. The van der Waals surface area contributed by atoms with Crippen LogP contribution in [-0.2, 0) is 6.54 Å². The smallest absolute Gasteiger partial charge is 0.262 e. The van der Waals surface area contributed by atoms with Gasteiger partial charge in [0.2, 0.25) is 0 Å². The Hall–Kier alpha value is -2.02. The molecule has 0 radical (unpaired) electrons. The first-order chi connectivity index (χ1) is 14.2. The molecular weight excluding hydrogens is 380 g/mol. The van der Waals surface area contributed by atoms with Gasteiger partial charge >= 0.3 is 0 Å². The molecule has 1 aromatic carbocycles. The van der Waals surface area contributed by atoms with Gasteiger partial charge in [-0.05, 0) is 54.8 Å². The van der Waals surface area contributed by atoms with Crippen molar-refractivity contribution >= 4 is 21.6 Å². The average Bonchev–Trinajstić information content (AvgIpc) is 3.49. The van der Waals surface area contributed by atoms with Crippen molar-refractivity contribution in [3.05, 3.63) is 63.5 Å². The third-order valence-electron chi connectivity index (χ3n) is 6.72. The molecule has 2 aliphatic rings. The van der Waals surface area contributed by atoms with E-state index in [1.807, 2.05) is 34.2 Å². The fourth-order valence-electron chi connectivity index (χ4n) is 5.12. The molecule has 29 heavy (non-hydrogen) atoms. The van der Waals surface area contributed by atoms with Gasteiger partial charge in [-0.2, -0.15) is 0 Å². The van der Waals surface area contributed by atoms with E-state index >= 15 is 0 Å². The molecule has 4 heterocycles. The summed E-state index contributed by atoms with van der Waals surface area (Å²) in [5.74, 6) is 0.930. The summed E-state index contributed by atoms with van der Waals surface area (Å²) in [6, 6.07) is 12.3. The third-order valence-corrected chi connectivity index (χ3v) is 7.53. The molecule has 0 saturated carbocycles. The molecular formula is C23H28N4OS. The van der Waals surface area contributed by atoms with Gasteiger partial charge in [0, 0.05) is 13.1 Å².